The summed E-state index contributed by atoms with van der Waals surface area (Å²) in [5, 5.41) is 14.2. The first-order chi connectivity index (χ1) is 9.06. The number of hydrogen-bond donors (Lipinski definition) is 1. The summed E-state index contributed by atoms with van der Waals surface area (Å²) < 4.78 is 6.09. The van der Waals surface area contributed by atoms with Gasteiger partial charge >= 0.3 is 0 Å². The molecule has 1 aromatic carbocycles. The number of benzene rings is 1. The molecule has 19 heavy (non-hydrogen) atoms. The lowest BCUT2D eigenvalue weighted by molar-refractivity contribution is -0.385. The van der Waals surface area contributed by atoms with Crippen LogP contribution in [0, 0.1) is 16.0 Å². The fraction of sp³-hybridized carbons (Fsp3) is 0.538. The summed E-state index contributed by atoms with van der Waals surface area (Å²) in [6.45, 7) is 4.38. The molecule has 0 saturated carbocycles. The van der Waals surface area contributed by atoms with E-state index in [1.54, 1.807) is 6.07 Å². The van der Waals surface area contributed by atoms with Crippen molar-refractivity contribution in [2.75, 3.05) is 13.2 Å². The van der Waals surface area contributed by atoms with Gasteiger partial charge in [-0.3, -0.25) is 10.1 Å². The molecule has 1 aliphatic rings. The summed E-state index contributed by atoms with van der Waals surface area (Å²) in [6.07, 6.45) is 1.08. The van der Waals surface area contributed by atoms with Crippen LogP contribution in [0.15, 0.2) is 22.7 Å². The molecule has 1 fully saturated rings. The van der Waals surface area contributed by atoms with Crippen LogP contribution in [0.2, 0.25) is 0 Å². The van der Waals surface area contributed by atoms with Crippen LogP contribution < -0.4 is 5.32 Å². The van der Waals surface area contributed by atoms with Crippen LogP contribution in [-0.2, 0) is 11.3 Å². The number of nitrogens with zero attached hydrogens (tertiary/aromatic N) is 1. The van der Waals surface area contributed by atoms with Crippen molar-refractivity contribution in [1.82, 2.24) is 5.32 Å². The second-order valence-electron chi connectivity index (χ2n) is 4.87. The Balaban J connectivity index is 1.96. The Kier molecular flexibility index (Phi) is 4.90. The number of nitro groups is 1. The minimum atomic E-state index is -0.373. The molecule has 2 rings (SSSR count). The van der Waals surface area contributed by atoms with Crippen LogP contribution in [0.5, 0.6) is 0 Å². The molecule has 0 amide bonds. The fourth-order valence-electron chi connectivity index (χ4n) is 2.23. The summed E-state index contributed by atoms with van der Waals surface area (Å²) in [7, 11) is 0. The standard InChI is InChI=1S/C13H17BrN2O3/c1-9(11-2-3-19-8-11)15-7-10-4-12(14)6-13(5-10)16(17)18/h4-6,9,11,15H,2-3,7-8H2,1H3. The molecule has 5 nitrogen and oxygen atoms in total. The van der Waals surface area contributed by atoms with Gasteiger partial charge < -0.3 is 10.1 Å². The molecular weight excluding hydrogens is 312 g/mol. The van der Waals surface area contributed by atoms with Crippen molar-refractivity contribution in [3.8, 4) is 0 Å². The van der Waals surface area contributed by atoms with Crippen molar-refractivity contribution in [3.05, 3.63) is 38.3 Å². The molecule has 0 radical (unpaired) electrons. The van der Waals surface area contributed by atoms with E-state index in [4.69, 9.17) is 4.74 Å². The summed E-state index contributed by atoms with van der Waals surface area (Å²) in [5.41, 5.74) is 1.02. The normalized spacial score (nSPS) is 20.4. The average Bonchev–Trinajstić information content (AvgIpc) is 2.89. The van der Waals surface area contributed by atoms with Gasteiger partial charge in [-0.25, -0.2) is 0 Å². The SMILES string of the molecule is CC(NCc1cc(Br)cc([N+](=O)[O-])c1)C1CCOC1. The van der Waals surface area contributed by atoms with Gasteiger partial charge in [0.05, 0.1) is 11.5 Å². The van der Waals surface area contributed by atoms with E-state index in [2.05, 4.69) is 28.2 Å². The third kappa shape index (κ3) is 3.99. The highest BCUT2D eigenvalue weighted by Gasteiger charge is 2.21. The van der Waals surface area contributed by atoms with E-state index in [1.807, 2.05) is 6.07 Å². The number of nitro benzene ring substituents is 1. The molecule has 0 bridgehead atoms. The molecule has 1 saturated heterocycles. The van der Waals surface area contributed by atoms with Crippen LogP contribution in [0.25, 0.3) is 0 Å². The summed E-state index contributed by atoms with van der Waals surface area (Å²) in [6, 6.07) is 5.37. The molecule has 2 unspecified atom stereocenters. The number of ether oxygens (including phenoxy) is 1. The lowest BCUT2D eigenvalue weighted by atomic mass is 10.0. The highest BCUT2D eigenvalue weighted by molar-refractivity contribution is 9.10. The average molecular weight is 329 g/mol. The molecule has 1 aliphatic heterocycles. The maximum Gasteiger partial charge on any atom is 0.270 e. The van der Waals surface area contributed by atoms with Crippen LogP contribution in [0.1, 0.15) is 18.9 Å². The van der Waals surface area contributed by atoms with Crippen LogP contribution in [0.4, 0.5) is 5.69 Å². The first-order valence-electron chi connectivity index (χ1n) is 6.31. The number of nitrogens with one attached hydrogen (secondary N) is 1. The van der Waals surface area contributed by atoms with E-state index in [0.29, 0.717) is 18.5 Å². The molecule has 1 N–H and O–H groups in total. The summed E-state index contributed by atoms with van der Waals surface area (Å²) in [5.74, 6) is 0.530. The smallest absolute Gasteiger partial charge is 0.270 e. The van der Waals surface area contributed by atoms with Gasteiger partial charge in [-0.05, 0) is 30.9 Å². The molecule has 104 valence electrons. The predicted octanol–water partition coefficient (Wildman–Crippen LogP) is 2.87. The molecule has 0 spiro atoms. The predicted molar refractivity (Wildman–Crippen MR) is 76.0 cm³/mol. The van der Waals surface area contributed by atoms with Crippen molar-refractivity contribution in [1.29, 1.82) is 0 Å². The van der Waals surface area contributed by atoms with Crippen LogP contribution in [-0.4, -0.2) is 24.2 Å². The van der Waals surface area contributed by atoms with E-state index in [9.17, 15) is 10.1 Å². The Morgan fingerprint density at radius 2 is 2.37 bits per heavy atom. The quantitative estimate of drug-likeness (QED) is 0.666. The number of hydrogen-bond acceptors (Lipinski definition) is 4. The monoisotopic (exact) mass is 328 g/mol. The molecule has 1 heterocycles. The summed E-state index contributed by atoms with van der Waals surface area (Å²) >= 11 is 3.30. The molecular formula is C13H17BrN2O3. The van der Waals surface area contributed by atoms with Gasteiger partial charge in [0.2, 0.25) is 0 Å². The van der Waals surface area contributed by atoms with Crippen molar-refractivity contribution in [2.45, 2.75) is 25.9 Å². The van der Waals surface area contributed by atoms with Crippen molar-refractivity contribution in [3.63, 3.8) is 0 Å². The van der Waals surface area contributed by atoms with Crippen molar-refractivity contribution in [2.24, 2.45) is 5.92 Å². The van der Waals surface area contributed by atoms with E-state index in [0.717, 1.165) is 29.7 Å². The third-order valence-corrected chi connectivity index (χ3v) is 3.91. The maximum atomic E-state index is 10.8. The summed E-state index contributed by atoms with van der Waals surface area (Å²) in [4.78, 5) is 10.4. The van der Waals surface area contributed by atoms with Gasteiger partial charge in [0.1, 0.15) is 0 Å². The van der Waals surface area contributed by atoms with Gasteiger partial charge in [0.25, 0.3) is 5.69 Å². The van der Waals surface area contributed by atoms with Gasteiger partial charge in [0.15, 0.2) is 0 Å². The second-order valence-corrected chi connectivity index (χ2v) is 5.78. The zero-order chi connectivity index (χ0) is 13.8. The molecule has 2 atom stereocenters. The first kappa shape index (κ1) is 14.4. The largest absolute Gasteiger partial charge is 0.381 e. The van der Waals surface area contributed by atoms with Crippen molar-refractivity contribution < 1.29 is 9.66 Å². The Morgan fingerprint density at radius 3 is 3.00 bits per heavy atom. The van der Waals surface area contributed by atoms with E-state index >= 15 is 0 Å². The van der Waals surface area contributed by atoms with Gasteiger partial charge in [-0.15, -0.1) is 0 Å². The van der Waals surface area contributed by atoms with Gasteiger partial charge in [-0.2, -0.15) is 0 Å². The highest BCUT2D eigenvalue weighted by atomic mass is 79.9. The Morgan fingerprint density at radius 1 is 1.58 bits per heavy atom. The molecule has 1 aromatic rings. The van der Waals surface area contributed by atoms with Crippen LogP contribution in [0.3, 0.4) is 0 Å². The Bertz CT molecular complexity index is 461. The zero-order valence-corrected chi connectivity index (χ0v) is 12.4. The van der Waals surface area contributed by atoms with Gasteiger partial charge in [0, 0.05) is 35.8 Å². The van der Waals surface area contributed by atoms with Crippen molar-refractivity contribution >= 4 is 21.6 Å². The maximum absolute atomic E-state index is 10.8. The molecule has 6 heteroatoms. The lowest BCUT2D eigenvalue weighted by Crippen LogP contribution is -2.33. The minimum Gasteiger partial charge on any atom is -0.381 e. The van der Waals surface area contributed by atoms with E-state index in [-0.39, 0.29) is 10.6 Å². The topological polar surface area (TPSA) is 64.4 Å². The lowest BCUT2D eigenvalue weighted by Gasteiger charge is -2.19. The Labute approximate surface area is 120 Å². The van der Waals surface area contributed by atoms with E-state index in [1.165, 1.54) is 6.07 Å². The molecule has 0 aliphatic carbocycles. The third-order valence-electron chi connectivity index (χ3n) is 3.45. The van der Waals surface area contributed by atoms with E-state index < -0.39 is 0 Å². The number of halogens is 1. The zero-order valence-electron chi connectivity index (χ0n) is 10.8. The Hall–Kier alpha value is -0.980. The fourth-order valence-corrected chi connectivity index (χ4v) is 2.76. The first-order valence-corrected chi connectivity index (χ1v) is 7.10. The minimum absolute atomic E-state index is 0.114. The number of non-ortho nitro benzene ring substituents is 1. The molecule has 0 aromatic heterocycles. The van der Waals surface area contributed by atoms with Crippen LogP contribution >= 0.6 is 15.9 Å². The van der Waals surface area contributed by atoms with Gasteiger partial charge in [-0.1, -0.05) is 15.9 Å². The number of rotatable bonds is 5. The second kappa shape index (κ2) is 6.45. The highest BCUT2D eigenvalue weighted by Crippen LogP contribution is 2.22.